The fourth-order valence-electron chi connectivity index (χ4n) is 2.31. The molecule has 1 heterocycles. The first-order chi connectivity index (χ1) is 11.2. The summed E-state index contributed by atoms with van der Waals surface area (Å²) in [6.07, 6.45) is 3.14. The quantitative estimate of drug-likeness (QED) is 0.573. The maximum atomic E-state index is 12.0. The Morgan fingerprint density at radius 2 is 2.09 bits per heavy atom. The highest BCUT2D eigenvalue weighted by atomic mass is 32.2. The molecule has 0 amide bonds. The van der Waals surface area contributed by atoms with Crippen molar-refractivity contribution in [1.29, 1.82) is 0 Å². The molecule has 0 radical (unpaired) electrons. The summed E-state index contributed by atoms with van der Waals surface area (Å²) in [6, 6.07) is 10.1. The summed E-state index contributed by atoms with van der Waals surface area (Å²) in [5.74, 6) is 1.28. The van der Waals surface area contributed by atoms with E-state index in [-0.39, 0.29) is 11.2 Å². The predicted octanol–water partition coefficient (Wildman–Crippen LogP) is 3.58. The lowest BCUT2D eigenvalue weighted by Crippen LogP contribution is -2.18. The van der Waals surface area contributed by atoms with Crippen LogP contribution in [0.2, 0.25) is 0 Å². The van der Waals surface area contributed by atoms with Crippen molar-refractivity contribution in [2.75, 3.05) is 6.61 Å². The van der Waals surface area contributed by atoms with E-state index in [1.165, 1.54) is 11.8 Å². The lowest BCUT2D eigenvalue weighted by atomic mass is 10.3. The maximum absolute atomic E-state index is 12.0. The third-order valence-corrected chi connectivity index (χ3v) is 4.70. The van der Waals surface area contributed by atoms with E-state index < -0.39 is 0 Å². The second kappa shape index (κ2) is 7.17. The van der Waals surface area contributed by atoms with Crippen molar-refractivity contribution < 1.29 is 9.53 Å². The fourth-order valence-corrected chi connectivity index (χ4v) is 3.18. The molecule has 0 N–H and O–H groups in total. The molecule has 0 spiro atoms. The van der Waals surface area contributed by atoms with E-state index in [4.69, 9.17) is 4.74 Å². The number of thioether (sulfide) groups is 1. The smallest absolute Gasteiger partial charge is 0.319 e. The van der Waals surface area contributed by atoms with Crippen molar-refractivity contribution >= 4 is 17.7 Å². The first-order valence-corrected chi connectivity index (χ1v) is 8.92. The van der Waals surface area contributed by atoms with Gasteiger partial charge < -0.3 is 4.74 Å². The molecule has 122 valence electrons. The van der Waals surface area contributed by atoms with E-state index in [1.54, 1.807) is 0 Å². The molecule has 1 aromatic heterocycles. The Kier molecular flexibility index (Phi) is 5.00. The number of aromatic nitrogens is 3. The fraction of sp³-hybridized carbons (Fsp3) is 0.471. The molecule has 1 aromatic carbocycles. The number of hydrogen-bond donors (Lipinski definition) is 0. The Hall–Kier alpha value is -1.82. The summed E-state index contributed by atoms with van der Waals surface area (Å²) in [4.78, 5) is 12.0. The lowest BCUT2D eigenvalue weighted by Gasteiger charge is -2.13. The molecule has 1 aliphatic rings. The maximum Gasteiger partial charge on any atom is 0.319 e. The lowest BCUT2D eigenvalue weighted by molar-refractivity contribution is -0.142. The highest BCUT2D eigenvalue weighted by Crippen LogP contribution is 2.41. The largest absolute Gasteiger partial charge is 0.465 e. The number of para-hydroxylation sites is 1. The summed E-state index contributed by atoms with van der Waals surface area (Å²) in [7, 11) is 0. The summed E-state index contributed by atoms with van der Waals surface area (Å²) in [5.41, 5.74) is 1.04. The molecule has 1 atom stereocenters. The van der Waals surface area contributed by atoms with Crippen molar-refractivity contribution in [3.8, 4) is 5.69 Å². The van der Waals surface area contributed by atoms with Crippen LogP contribution >= 0.6 is 11.8 Å². The monoisotopic (exact) mass is 331 g/mol. The Balaban J connectivity index is 1.83. The molecule has 2 aromatic rings. The van der Waals surface area contributed by atoms with E-state index in [0.717, 1.165) is 35.9 Å². The molecule has 0 bridgehead atoms. The number of nitrogens with zero attached hydrogens (tertiary/aromatic N) is 3. The predicted molar refractivity (Wildman–Crippen MR) is 89.9 cm³/mol. The van der Waals surface area contributed by atoms with Crippen molar-refractivity contribution in [1.82, 2.24) is 14.8 Å². The first kappa shape index (κ1) is 16.1. The molecule has 1 aliphatic carbocycles. The summed E-state index contributed by atoms with van der Waals surface area (Å²) < 4.78 is 7.30. The van der Waals surface area contributed by atoms with Gasteiger partial charge >= 0.3 is 5.97 Å². The van der Waals surface area contributed by atoms with Gasteiger partial charge in [-0.3, -0.25) is 9.36 Å². The number of carbonyl (C=O) groups is 1. The van der Waals surface area contributed by atoms with Crippen molar-refractivity contribution in [2.45, 2.75) is 49.4 Å². The Morgan fingerprint density at radius 1 is 1.35 bits per heavy atom. The number of esters is 1. The molecule has 1 fully saturated rings. The van der Waals surface area contributed by atoms with E-state index in [2.05, 4.69) is 14.8 Å². The standard InChI is InChI=1S/C17H21N3O2S/c1-3-11-22-16(21)12(2)23-17-19-18-15(13-9-10-13)20(17)14-7-5-4-6-8-14/h4-8,12-13H,3,9-11H2,1-2H3. The van der Waals surface area contributed by atoms with Gasteiger partial charge in [0.25, 0.3) is 0 Å². The number of ether oxygens (including phenoxy) is 1. The Morgan fingerprint density at radius 3 is 2.74 bits per heavy atom. The Bertz CT molecular complexity index is 668. The first-order valence-electron chi connectivity index (χ1n) is 8.04. The minimum absolute atomic E-state index is 0.201. The number of carbonyl (C=O) groups excluding carboxylic acids is 1. The van der Waals surface area contributed by atoms with Crippen molar-refractivity contribution in [2.24, 2.45) is 0 Å². The minimum Gasteiger partial charge on any atom is -0.465 e. The molecule has 3 rings (SSSR count). The van der Waals surface area contributed by atoms with Gasteiger partial charge in [0, 0.05) is 11.6 Å². The van der Waals surface area contributed by atoms with Crippen molar-refractivity contribution in [3.05, 3.63) is 36.2 Å². The Labute approximate surface area is 140 Å². The van der Waals surface area contributed by atoms with Gasteiger partial charge in [-0.2, -0.15) is 0 Å². The molecule has 0 saturated heterocycles. The number of benzene rings is 1. The van der Waals surface area contributed by atoms with Crippen LogP contribution in [0.25, 0.3) is 5.69 Å². The zero-order valence-corrected chi connectivity index (χ0v) is 14.3. The van der Waals surface area contributed by atoms with Crippen LogP contribution in [0.15, 0.2) is 35.5 Å². The van der Waals surface area contributed by atoms with Gasteiger partial charge in [0.2, 0.25) is 0 Å². The van der Waals surface area contributed by atoms with E-state index >= 15 is 0 Å². The average Bonchev–Trinajstić information content (AvgIpc) is 3.34. The molecule has 1 saturated carbocycles. The van der Waals surface area contributed by atoms with Crippen LogP contribution in [0.1, 0.15) is 44.9 Å². The second-order valence-corrected chi connectivity index (χ2v) is 7.02. The SMILES string of the molecule is CCCOC(=O)C(C)Sc1nnc(C2CC2)n1-c1ccccc1. The topological polar surface area (TPSA) is 57.0 Å². The third-order valence-electron chi connectivity index (χ3n) is 3.68. The summed E-state index contributed by atoms with van der Waals surface area (Å²) in [6.45, 7) is 4.30. The third kappa shape index (κ3) is 3.75. The molecule has 0 aliphatic heterocycles. The second-order valence-electron chi connectivity index (χ2n) is 5.71. The van der Waals surface area contributed by atoms with Crippen LogP contribution in [0, 0.1) is 0 Å². The van der Waals surface area contributed by atoms with E-state index in [0.29, 0.717) is 12.5 Å². The van der Waals surface area contributed by atoms with Crippen LogP contribution in [0.4, 0.5) is 0 Å². The van der Waals surface area contributed by atoms with Crippen molar-refractivity contribution in [3.63, 3.8) is 0 Å². The zero-order chi connectivity index (χ0) is 16.2. The molecular weight excluding hydrogens is 310 g/mol. The highest BCUT2D eigenvalue weighted by Gasteiger charge is 2.32. The van der Waals surface area contributed by atoms with Gasteiger partial charge in [0.15, 0.2) is 5.16 Å². The molecule has 5 nitrogen and oxygen atoms in total. The molecule has 6 heteroatoms. The molecule has 23 heavy (non-hydrogen) atoms. The van der Waals surface area contributed by atoms with Gasteiger partial charge in [-0.1, -0.05) is 36.9 Å². The van der Waals surface area contributed by atoms with Crippen LogP contribution in [0.5, 0.6) is 0 Å². The van der Waals surface area contributed by atoms with E-state index in [9.17, 15) is 4.79 Å². The van der Waals surface area contributed by atoms with Crippen LogP contribution < -0.4 is 0 Å². The highest BCUT2D eigenvalue weighted by molar-refractivity contribution is 8.00. The number of hydrogen-bond acceptors (Lipinski definition) is 5. The van der Waals surface area contributed by atoms with Gasteiger partial charge in [-0.05, 0) is 38.3 Å². The van der Waals surface area contributed by atoms with Crippen LogP contribution in [-0.2, 0) is 9.53 Å². The average molecular weight is 331 g/mol. The van der Waals surface area contributed by atoms with Gasteiger partial charge in [0.05, 0.1) is 6.61 Å². The van der Waals surface area contributed by atoms with Crippen LogP contribution in [-0.4, -0.2) is 32.6 Å². The summed E-state index contributed by atoms with van der Waals surface area (Å²) >= 11 is 1.40. The number of rotatable bonds is 7. The van der Waals surface area contributed by atoms with E-state index in [1.807, 2.05) is 44.2 Å². The summed E-state index contributed by atoms with van der Waals surface area (Å²) in [5, 5.41) is 9.14. The molecular formula is C17H21N3O2S. The van der Waals surface area contributed by atoms with Gasteiger partial charge in [-0.15, -0.1) is 10.2 Å². The van der Waals surface area contributed by atoms with Gasteiger partial charge in [-0.25, -0.2) is 0 Å². The molecule has 1 unspecified atom stereocenters. The van der Waals surface area contributed by atoms with Gasteiger partial charge in [0.1, 0.15) is 11.1 Å². The zero-order valence-electron chi connectivity index (χ0n) is 13.4. The van der Waals surface area contributed by atoms with Crippen LogP contribution in [0.3, 0.4) is 0 Å². The normalized spacial score (nSPS) is 15.4. The minimum atomic E-state index is -0.305.